The van der Waals surface area contributed by atoms with Gasteiger partial charge in [0, 0.05) is 24.8 Å². The van der Waals surface area contributed by atoms with Crippen molar-refractivity contribution < 1.29 is 44.1 Å². The predicted molar refractivity (Wildman–Crippen MR) is 148 cm³/mol. The van der Waals surface area contributed by atoms with Gasteiger partial charge in [-0.1, -0.05) is 35.4 Å². The van der Waals surface area contributed by atoms with Crippen LogP contribution >= 0.6 is 0 Å². The molecule has 0 aliphatic carbocycles. The molecule has 0 fully saturated rings. The van der Waals surface area contributed by atoms with Gasteiger partial charge < -0.3 is 18.9 Å². The van der Waals surface area contributed by atoms with Gasteiger partial charge in [0.1, 0.15) is 50.3 Å². The Morgan fingerprint density at radius 3 is 1.23 bits per heavy atom. The maximum absolute atomic E-state index is 12.4. The van der Waals surface area contributed by atoms with Crippen LogP contribution in [-0.2, 0) is 33.3 Å². The van der Waals surface area contributed by atoms with Crippen molar-refractivity contribution in [2.75, 3.05) is 46.2 Å². The first-order valence-electron chi connectivity index (χ1n) is 12.6. The van der Waals surface area contributed by atoms with Gasteiger partial charge in [0.2, 0.25) is 0 Å². The fourth-order valence-electron chi connectivity index (χ4n) is 3.31. The molecule has 0 unspecified atom stereocenters. The lowest BCUT2D eigenvalue weighted by molar-refractivity contribution is 0.110. The molecular weight excluding hydrogens is 560 g/mol. The molecule has 40 heavy (non-hydrogen) atoms. The summed E-state index contributed by atoms with van der Waals surface area (Å²) in [6.07, 6.45) is 0. The molecule has 3 rings (SSSR count). The second-order valence-corrected chi connectivity index (χ2v) is 11.8. The topological polar surface area (TPSA) is 124 Å². The molecule has 218 valence electrons. The van der Waals surface area contributed by atoms with E-state index in [4.69, 9.17) is 27.3 Å². The SMILES string of the molecule is CCOCCOc1cc(OCCOS(=O)(=O)c2ccc(C)cc2)cc(OCCOS(=O)(=O)c2ccc(C)cc2)c1. The predicted octanol–water partition coefficient (Wildman–Crippen LogP) is 4.29. The molecule has 0 bridgehead atoms. The average molecular weight is 595 g/mol. The zero-order chi connectivity index (χ0) is 29.0. The van der Waals surface area contributed by atoms with Gasteiger partial charge in [-0.15, -0.1) is 0 Å². The lowest BCUT2D eigenvalue weighted by Gasteiger charge is -2.14. The number of aryl methyl sites for hydroxylation is 2. The quantitative estimate of drug-likeness (QED) is 0.165. The summed E-state index contributed by atoms with van der Waals surface area (Å²) in [6, 6.07) is 17.5. The molecular formula is C28H34O10S2. The molecule has 0 amide bonds. The van der Waals surface area contributed by atoms with E-state index in [-0.39, 0.29) is 42.8 Å². The van der Waals surface area contributed by atoms with Crippen LogP contribution < -0.4 is 14.2 Å². The van der Waals surface area contributed by atoms with Gasteiger partial charge in [-0.3, -0.25) is 8.37 Å². The van der Waals surface area contributed by atoms with E-state index in [1.807, 2.05) is 20.8 Å². The molecule has 0 heterocycles. The zero-order valence-corrected chi connectivity index (χ0v) is 24.3. The third kappa shape index (κ3) is 10.1. The number of benzene rings is 3. The van der Waals surface area contributed by atoms with Crippen molar-refractivity contribution in [3.05, 3.63) is 77.9 Å². The summed E-state index contributed by atoms with van der Waals surface area (Å²) >= 11 is 0. The first-order valence-corrected chi connectivity index (χ1v) is 15.4. The highest BCUT2D eigenvalue weighted by Gasteiger charge is 2.16. The van der Waals surface area contributed by atoms with Gasteiger partial charge in [-0.2, -0.15) is 16.8 Å². The third-order valence-electron chi connectivity index (χ3n) is 5.35. The van der Waals surface area contributed by atoms with Crippen LogP contribution in [-0.4, -0.2) is 63.1 Å². The van der Waals surface area contributed by atoms with E-state index in [9.17, 15) is 16.8 Å². The van der Waals surface area contributed by atoms with Crippen molar-refractivity contribution >= 4 is 20.2 Å². The Balaban J connectivity index is 1.57. The van der Waals surface area contributed by atoms with Gasteiger partial charge in [-0.25, -0.2) is 0 Å². The van der Waals surface area contributed by atoms with E-state index in [0.29, 0.717) is 30.5 Å². The third-order valence-corrected chi connectivity index (χ3v) is 8.01. The second kappa shape index (κ2) is 15.0. The van der Waals surface area contributed by atoms with Crippen LogP contribution in [0.1, 0.15) is 18.1 Å². The Labute approximate surface area is 236 Å². The molecule has 0 aliphatic rings. The Morgan fingerprint density at radius 1 is 0.525 bits per heavy atom. The Morgan fingerprint density at radius 2 is 0.875 bits per heavy atom. The van der Waals surface area contributed by atoms with Crippen LogP contribution in [0.5, 0.6) is 17.2 Å². The number of hydrogen-bond donors (Lipinski definition) is 0. The summed E-state index contributed by atoms with van der Waals surface area (Å²) in [5, 5.41) is 0. The van der Waals surface area contributed by atoms with Crippen LogP contribution in [0.2, 0.25) is 0 Å². The van der Waals surface area contributed by atoms with Crippen molar-refractivity contribution in [2.24, 2.45) is 0 Å². The lowest BCUT2D eigenvalue weighted by atomic mass is 10.2. The minimum Gasteiger partial charge on any atom is -0.491 e. The fourth-order valence-corrected chi connectivity index (χ4v) is 5.10. The Kier molecular flexibility index (Phi) is 11.8. The normalized spacial score (nSPS) is 11.8. The van der Waals surface area contributed by atoms with Crippen LogP contribution in [0.25, 0.3) is 0 Å². The smallest absolute Gasteiger partial charge is 0.297 e. The highest BCUT2D eigenvalue weighted by molar-refractivity contribution is 7.87. The summed E-state index contributed by atoms with van der Waals surface area (Å²) in [6.45, 7) is 6.26. The largest absolute Gasteiger partial charge is 0.491 e. The van der Waals surface area contributed by atoms with Crippen molar-refractivity contribution in [1.29, 1.82) is 0 Å². The van der Waals surface area contributed by atoms with Gasteiger partial charge in [0.05, 0.1) is 16.4 Å². The van der Waals surface area contributed by atoms with E-state index in [2.05, 4.69) is 0 Å². The number of hydrogen-bond acceptors (Lipinski definition) is 10. The maximum atomic E-state index is 12.4. The molecule has 0 aliphatic heterocycles. The van der Waals surface area contributed by atoms with Gasteiger partial charge in [0.15, 0.2) is 0 Å². The standard InChI is InChI=1S/C28H34O10S2/c1-4-33-13-14-34-24-19-25(35-15-17-37-39(29,30)27-9-5-22(2)6-10-27)21-26(20-24)36-16-18-38-40(31,32)28-11-7-23(3)8-12-28/h5-12,19-21H,4,13-18H2,1-3H3. The highest BCUT2D eigenvalue weighted by atomic mass is 32.2. The van der Waals surface area contributed by atoms with Crippen LogP contribution in [0.15, 0.2) is 76.5 Å². The molecule has 0 spiro atoms. The summed E-state index contributed by atoms with van der Waals surface area (Å²) < 4.78 is 82.0. The molecule has 0 saturated heterocycles. The molecule has 3 aromatic carbocycles. The van der Waals surface area contributed by atoms with Gasteiger partial charge in [-0.05, 0) is 45.0 Å². The molecule has 0 saturated carbocycles. The molecule has 0 N–H and O–H groups in total. The maximum Gasteiger partial charge on any atom is 0.297 e. The highest BCUT2D eigenvalue weighted by Crippen LogP contribution is 2.28. The summed E-state index contributed by atoms with van der Waals surface area (Å²) in [7, 11) is -7.84. The lowest BCUT2D eigenvalue weighted by Crippen LogP contribution is -2.14. The summed E-state index contributed by atoms with van der Waals surface area (Å²) in [5.74, 6) is 1.11. The molecule has 0 atom stereocenters. The monoisotopic (exact) mass is 594 g/mol. The second-order valence-electron chi connectivity index (χ2n) is 8.56. The van der Waals surface area contributed by atoms with Gasteiger partial charge in [0.25, 0.3) is 20.2 Å². The van der Waals surface area contributed by atoms with Crippen molar-refractivity contribution in [2.45, 2.75) is 30.6 Å². The average Bonchev–Trinajstić information content (AvgIpc) is 2.92. The first-order chi connectivity index (χ1) is 19.1. The molecule has 3 aromatic rings. The Hall–Kier alpha value is -3.16. The minimum atomic E-state index is -3.92. The minimum absolute atomic E-state index is 0.0603. The van der Waals surface area contributed by atoms with Gasteiger partial charge >= 0.3 is 0 Å². The van der Waals surface area contributed by atoms with Crippen LogP contribution in [0.4, 0.5) is 0 Å². The molecule has 0 aromatic heterocycles. The molecule has 12 heteroatoms. The molecule has 10 nitrogen and oxygen atoms in total. The van der Waals surface area contributed by atoms with E-state index in [1.54, 1.807) is 42.5 Å². The van der Waals surface area contributed by atoms with E-state index < -0.39 is 20.2 Å². The van der Waals surface area contributed by atoms with Crippen LogP contribution in [0.3, 0.4) is 0 Å². The van der Waals surface area contributed by atoms with Crippen molar-refractivity contribution in [3.63, 3.8) is 0 Å². The van der Waals surface area contributed by atoms with E-state index in [1.165, 1.54) is 24.3 Å². The van der Waals surface area contributed by atoms with Crippen LogP contribution in [0, 0.1) is 13.8 Å². The first kappa shape index (κ1) is 31.4. The summed E-state index contributed by atoms with van der Waals surface area (Å²) in [5.41, 5.74) is 1.87. The van der Waals surface area contributed by atoms with E-state index >= 15 is 0 Å². The number of rotatable bonds is 17. The van der Waals surface area contributed by atoms with Crippen molar-refractivity contribution in [1.82, 2.24) is 0 Å². The zero-order valence-electron chi connectivity index (χ0n) is 22.7. The fraction of sp³-hybridized carbons (Fsp3) is 0.357. The number of ether oxygens (including phenoxy) is 4. The molecule has 0 radical (unpaired) electrons. The van der Waals surface area contributed by atoms with E-state index in [0.717, 1.165) is 11.1 Å². The Bertz CT molecular complexity index is 1320. The summed E-state index contributed by atoms with van der Waals surface area (Å²) in [4.78, 5) is 0.121. The van der Waals surface area contributed by atoms with Crippen molar-refractivity contribution in [3.8, 4) is 17.2 Å².